The molecule has 0 unspecified atom stereocenters. The van der Waals surface area contributed by atoms with Gasteiger partial charge in [-0.3, -0.25) is 24.9 Å². The van der Waals surface area contributed by atoms with Crippen molar-refractivity contribution in [2.75, 3.05) is 26.2 Å². The van der Waals surface area contributed by atoms with Gasteiger partial charge in [-0.2, -0.15) is 0 Å². The predicted octanol–water partition coefficient (Wildman–Crippen LogP) is 1.46. The average molecular weight is 402 g/mol. The van der Waals surface area contributed by atoms with Gasteiger partial charge in [0.2, 0.25) is 0 Å². The first kappa shape index (κ1) is 21.9. The van der Waals surface area contributed by atoms with Crippen LogP contribution in [0.5, 0.6) is 0 Å². The third kappa shape index (κ3) is 7.28. The molecule has 1 aliphatic heterocycles. The zero-order valence-corrected chi connectivity index (χ0v) is 15.7. The lowest BCUT2D eigenvalue weighted by Gasteiger charge is -2.34. The summed E-state index contributed by atoms with van der Waals surface area (Å²) in [6.45, 7) is 5.38. The predicted molar refractivity (Wildman–Crippen MR) is 103 cm³/mol. The summed E-state index contributed by atoms with van der Waals surface area (Å²) < 4.78 is 0. The van der Waals surface area contributed by atoms with Crippen molar-refractivity contribution in [2.45, 2.75) is 13.1 Å². The van der Waals surface area contributed by atoms with Crippen molar-refractivity contribution in [1.82, 2.24) is 14.8 Å². The molecule has 10 nitrogen and oxygen atoms in total. The van der Waals surface area contributed by atoms with E-state index in [1.54, 1.807) is 12.1 Å². The Hall–Kier alpha value is -3.37. The van der Waals surface area contributed by atoms with Crippen molar-refractivity contribution >= 4 is 17.6 Å². The van der Waals surface area contributed by atoms with Crippen LogP contribution >= 0.6 is 0 Å². The second-order valence-electron chi connectivity index (χ2n) is 6.40. The molecule has 0 saturated carbocycles. The number of pyridine rings is 1. The molecule has 10 heteroatoms. The molecule has 1 aromatic heterocycles. The summed E-state index contributed by atoms with van der Waals surface area (Å²) >= 11 is 0. The third-order valence-corrected chi connectivity index (χ3v) is 4.39. The molecule has 2 N–H and O–H groups in total. The van der Waals surface area contributed by atoms with Crippen LogP contribution in [0.4, 0.5) is 5.69 Å². The van der Waals surface area contributed by atoms with Crippen molar-refractivity contribution < 1.29 is 24.7 Å². The normalized spacial score (nSPS) is 14.5. The molecule has 0 aliphatic carbocycles. The smallest absolute Gasteiger partial charge is 0.414 e. The zero-order valence-electron chi connectivity index (χ0n) is 15.7. The van der Waals surface area contributed by atoms with Crippen LogP contribution in [0, 0.1) is 10.1 Å². The number of aromatic nitrogens is 1. The summed E-state index contributed by atoms with van der Waals surface area (Å²) in [5.74, 6) is -3.65. The van der Waals surface area contributed by atoms with Crippen LogP contribution in [0.2, 0.25) is 0 Å². The Balaban J connectivity index is 0.000000438. The number of nitro groups is 1. The number of nitrogens with zero attached hydrogens (tertiary/aromatic N) is 4. The minimum atomic E-state index is -1.82. The topological polar surface area (TPSA) is 137 Å². The van der Waals surface area contributed by atoms with E-state index in [0.717, 1.165) is 38.3 Å². The van der Waals surface area contributed by atoms with Crippen LogP contribution in [-0.2, 0) is 22.7 Å². The fourth-order valence-corrected chi connectivity index (χ4v) is 2.92. The van der Waals surface area contributed by atoms with E-state index in [0.29, 0.717) is 6.54 Å². The molecule has 0 amide bonds. The van der Waals surface area contributed by atoms with E-state index < -0.39 is 11.9 Å². The largest absolute Gasteiger partial charge is 0.473 e. The molecule has 1 fully saturated rings. The first-order chi connectivity index (χ1) is 13.9. The first-order valence-corrected chi connectivity index (χ1v) is 8.89. The van der Waals surface area contributed by atoms with Crippen molar-refractivity contribution in [3.05, 3.63) is 70.0 Å². The second kappa shape index (κ2) is 10.8. The van der Waals surface area contributed by atoms with Crippen LogP contribution in [0.1, 0.15) is 11.1 Å². The van der Waals surface area contributed by atoms with Gasteiger partial charge in [-0.25, -0.2) is 9.59 Å². The van der Waals surface area contributed by atoms with Gasteiger partial charge in [0.25, 0.3) is 5.69 Å². The van der Waals surface area contributed by atoms with Gasteiger partial charge in [0.05, 0.1) is 4.92 Å². The summed E-state index contributed by atoms with van der Waals surface area (Å²) in [7, 11) is 0. The van der Waals surface area contributed by atoms with E-state index in [2.05, 4.69) is 14.8 Å². The summed E-state index contributed by atoms with van der Waals surface area (Å²) in [6.07, 6.45) is 3.64. The van der Waals surface area contributed by atoms with Gasteiger partial charge in [0, 0.05) is 63.3 Å². The van der Waals surface area contributed by atoms with Gasteiger partial charge in [0.15, 0.2) is 0 Å². The van der Waals surface area contributed by atoms with Crippen molar-refractivity contribution in [3.8, 4) is 0 Å². The Morgan fingerprint density at radius 3 is 1.97 bits per heavy atom. The van der Waals surface area contributed by atoms with E-state index in [4.69, 9.17) is 19.8 Å². The maximum Gasteiger partial charge on any atom is 0.414 e. The van der Waals surface area contributed by atoms with Crippen molar-refractivity contribution in [3.63, 3.8) is 0 Å². The number of hydrogen-bond acceptors (Lipinski definition) is 7. The highest BCUT2D eigenvalue weighted by atomic mass is 16.6. The van der Waals surface area contributed by atoms with E-state index in [9.17, 15) is 10.1 Å². The molecule has 0 atom stereocenters. The quantitative estimate of drug-likeness (QED) is 0.432. The SMILES string of the molecule is O=C(O)C(=O)O.O=[N+]([O-])c1ccccc1CN1CCN(Cc2ccncc2)CC1. The minimum Gasteiger partial charge on any atom is -0.473 e. The van der Waals surface area contributed by atoms with Crippen LogP contribution < -0.4 is 0 Å². The van der Waals surface area contributed by atoms with Crippen LogP contribution in [0.3, 0.4) is 0 Å². The van der Waals surface area contributed by atoms with Crippen LogP contribution in [0.15, 0.2) is 48.8 Å². The Morgan fingerprint density at radius 2 is 1.45 bits per heavy atom. The van der Waals surface area contributed by atoms with E-state index in [1.165, 1.54) is 5.56 Å². The highest BCUT2D eigenvalue weighted by Crippen LogP contribution is 2.20. The van der Waals surface area contributed by atoms with Crippen molar-refractivity contribution in [2.24, 2.45) is 0 Å². The van der Waals surface area contributed by atoms with Gasteiger partial charge >= 0.3 is 11.9 Å². The number of rotatable bonds is 5. The zero-order chi connectivity index (χ0) is 21.2. The Bertz CT molecular complexity index is 826. The molecular formula is C19H22N4O6. The number of nitro benzene ring substituents is 1. The fraction of sp³-hybridized carbons (Fsp3) is 0.316. The Labute approximate surface area is 167 Å². The van der Waals surface area contributed by atoms with Gasteiger partial charge in [-0.05, 0) is 17.7 Å². The second-order valence-corrected chi connectivity index (χ2v) is 6.40. The van der Waals surface area contributed by atoms with Crippen molar-refractivity contribution in [1.29, 1.82) is 0 Å². The lowest BCUT2D eigenvalue weighted by Crippen LogP contribution is -2.45. The van der Waals surface area contributed by atoms with E-state index in [-0.39, 0.29) is 10.6 Å². The fourth-order valence-electron chi connectivity index (χ4n) is 2.92. The molecule has 3 rings (SSSR count). The number of carboxylic acid groups (broad SMARTS) is 2. The highest BCUT2D eigenvalue weighted by molar-refractivity contribution is 6.27. The Morgan fingerprint density at radius 1 is 0.931 bits per heavy atom. The standard InChI is InChI=1S/C17H20N4O2.C2H2O4/c22-21(23)17-4-2-1-3-16(17)14-20-11-9-19(10-12-20)13-15-5-7-18-8-6-15;3-1(4)2(5)6/h1-8H,9-14H2;(H,3,4)(H,5,6). The third-order valence-electron chi connectivity index (χ3n) is 4.39. The molecule has 2 heterocycles. The van der Waals surface area contributed by atoms with Gasteiger partial charge in [-0.15, -0.1) is 0 Å². The molecule has 0 bridgehead atoms. The molecule has 0 radical (unpaired) electrons. The molecule has 1 saturated heterocycles. The summed E-state index contributed by atoms with van der Waals surface area (Å²) in [6, 6.07) is 11.1. The molecule has 29 heavy (non-hydrogen) atoms. The minimum absolute atomic E-state index is 0.215. The highest BCUT2D eigenvalue weighted by Gasteiger charge is 2.20. The van der Waals surface area contributed by atoms with Gasteiger partial charge < -0.3 is 10.2 Å². The number of benzene rings is 1. The van der Waals surface area contributed by atoms with Gasteiger partial charge in [0.1, 0.15) is 0 Å². The molecule has 2 aromatic rings. The lowest BCUT2D eigenvalue weighted by molar-refractivity contribution is -0.385. The van der Waals surface area contributed by atoms with E-state index in [1.807, 2.05) is 36.7 Å². The molecular weight excluding hydrogens is 380 g/mol. The number of piperazine rings is 1. The van der Waals surface area contributed by atoms with E-state index >= 15 is 0 Å². The van der Waals surface area contributed by atoms with Crippen LogP contribution in [-0.4, -0.2) is 68.0 Å². The monoisotopic (exact) mass is 402 g/mol. The number of hydrogen-bond donors (Lipinski definition) is 2. The van der Waals surface area contributed by atoms with Crippen LogP contribution in [0.25, 0.3) is 0 Å². The lowest BCUT2D eigenvalue weighted by atomic mass is 10.1. The summed E-state index contributed by atoms with van der Waals surface area (Å²) in [4.78, 5) is 37.7. The number of carbonyl (C=O) groups is 2. The molecule has 0 spiro atoms. The Kier molecular flexibility index (Phi) is 8.19. The number of para-hydroxylation sites is 1. The maximum absolute atomic E-state index is 11.1. The maximum atomic E-state index is 11.1. The number of aliphatic carboxylic acids is 2. The number of carboxylic acids is 2. The van der Waals surface area contributed by atoms with Gasteiger partial charge in [-0.1, -0.05) is 18.2 Å². The molecule has 154 valence electrons. The molecule has 1 aliphatic rings. The molecule has 1 aromatic carbocycles. The summed E-state index contributed by atoms with van der Waals surface area (Å²) in [5, 5.41) is 25.9. The average Bonchev–Trinajstić information content (AvgIpc) is 2.71. The summed E-state index contributed by atoms with van der Waals surface area (Å²) in [5.41, 5.74) is 2.28. The first-order valence-electron chi connectivity index (χ1n) is 8.89.